The van der Waals surface area contributed by atoms with Gasteiger partial charge in [0.25, 0.3) is 0 Å². The summed E-state index contributed by atoms with van der Waals surface area (Å²) in [4.78, 5) is 13.8. The van der Waals surface area contributed by atoms with E-state index >= 15 is 0 Å². The number of benzene rings is 1. The molecule has 0 radical (unpaired) electrons. The van der Waals surface area contributed by atoms with Gasteiger partial charge in [-0.2, -0.15) is 0 Å². The Morgan fingerprint density at radius 1 is 1.38 bits per heavy atom. The molecule has 1 aromatic carbocycles. The Morgan fingerprint density at radius 2 is 2.12 bits per heavy atom. The van der Waals surface area contributed by atoms with Crippen LogP contribution in [0.25, 0.3) is 0 Å². The number of hydrogen-bond acceptors (Lipinski definition) is 5. The van der Waals surface area contributed by atoms with E-state index < -0.39 is 17.5 Å². The van der Waals surface area contributed by atoms with Gasteiger partial charge in [-0.25, -0.2) is 0 Å². The molecule has 1 fully saturated rings. The van der Waals surface area contributed by atoms with Crippen molar-refractivity contribution in [3.8, 4) is 11.5 Å². The molecule has 2 N–H and O–H groups in total. The van der Waals surface area contributed by atoms with E-state index in [1.165, 1.54) is 0 Å². The number of carboxylic acid groups (broad SMARTS) is 1. The van der Waals surface area contributed by atoms with E-state index in [-0.39, 0.29) is 0 Å². The quantitative estimate of drug-likeness (QED) is 0.794. The minimum Gasteiger partial charge on any atom is -0.493 e. The van der Waals surface area contributed by atoms with E-state index in [4.69, 9.17) is 9.47 Å². The zero-order valence-corrected chi connectivity index (χ0v) is 14.6. The molecule has 0 spiro atoms. The molecule has 1 aliphatic heterocycles. The Hall–Kier alpha value is -1.79. The second-order valence-corrected chi connectivity index (χ2v) is 6.36. The van der Waals surface area contributed by atoms with Crippen molar-refractivity contribution in [2.45, 2.75) is 38.8 Å². The normalized spacial score (nSPS) is 24.6. The maximum atomic E-state index is 11.7. The number of para-hydroxylation sites is 1. The molecule has 1 aliphatic rings. The van der Waals surface area contributed by atoms with Crippen LogP contribution in [0, 0.1) is 5.41 Å². The first-order valence-corrected chi connectivity index (χ1v) is 8.32. The Balaban J connectivity index is 2.14. The summed E-state index contributed by atoms with van der Waals surface area (Å²) in [6, 6.07) is 5.69. The minimum atomic E-state index is -1.02. The van der Waals surface area contributed by atoms with Crippen LogP contribution in [0.15, 0.2) is 18.2 Å². The zero-order chi connectivity index (χ0) is 17.7. The summed E-state index contributed by atoms with van der Waals surface area (Å²) in [6.07, 6.45) is 0.816. The molecular weight excluding hydrogens is 310 g/mol. The Kier molecular flexibility index (Phi) is 6.07. The number of aliphatic hydroxyl groups excluding tert-OH is 1. The SMILES string of the molecule is CCC[C@]1(C(=O)O)CCN(Cc2cccc(OC)c2OC)C[C@H]1O. The first-order chi connectivity index (χ1) is 11.5. The summed E-state index contributed by atoms with van der Waals surface area (Å²) in [5, 5.41) is 20.1. The van der Waals surface area contributed by atoms with Gasteiger partial charge in [-0.3, -0.25) is 9.69 Å². The topological polar surface area (TPSA) is 79.2 Å². The highest BCUT2D eigenvalue weighted by atomic mass is 16.5. The number of aliphatic carboxylic acids is 1. The molecule has 1 aromatic rings. The molecule has 6 nitrogen and oxygen atoms in total. The number of hydrogen-bond donors (Lipinski definition) is 2. The third kappa shape index (κ3) is 3.49. The van der Waals surface area contributed by atoms with Crippen LogP contribution in [0.3, 0.4) is 0 Å². The second kappa shape index (κ2) is 7.85. The number of rotatable bonds is 7. The fourth-order valence-electron chi connectivity index (χ4n) is 3.59. The molecule has 0 aliphatic carbocycles. The summed E-state index contributed by atoms with van der Waals surface area (Å²) < 4.78 is 10.8. The molecule has 0 amide bonds. The lowest BCUT2D eigenvalue weighted by molar-refractivity contribution is -0.164. The highest BCUT2D eigenvalue weighted by Gasteiger charge is 2.47. The van der Waals surface area contributed by atoms with E-state index in [0.717, 1.165) is 12.0 Å². The summed E-state index contributed by atoms with van der Waals surface area (Å²) in [7, 11) is 3.20. The average Bonchev–Trinajstić information content (AvgIpc) is 2.57. The number of carboxylic acids is 1. The maximum Gasteiger partial charge on any atom is 0.312 e. The third-order valence-corrected chi connectivity index (χ3v) is 4.94. The van der Waals surface area contributed by atoms with E-state index in [9.17, 15) is 15.0 Å². The van der Waals surface area contributed by atoms with E-state index in [2.05, 4.69) is 4.90 Å². The first kappa shape index (κ1) is 18.5. The van der Waals surface area contributed by atoms with Crippen LogP contribution in [0.2, 0.25) is 0 Å². The molecule has 0 bridgehead atoms. The number of likely N-dealkylation sites (tertiary alicyclic amines) is 1. The van der Waals surface area contributed by atoms with Crippen LogP contribution >= 0.6 is 0 Å². The molecule has 6 heteroatoms. The predicted octanol–water partition coefficient (Wildman–Crippen LogP) is 2.14. The van der Waals surface area contributed by atoms with E-state index in [1.807, 2.05) is 25.1 Å². The first-order valence-electron chi connectivity index (χ1n) is 8.32. The van der Waals surface area contributed by atoms with Gasteiger partial charge >= 0.3 is 5.97 Å². The van der Waals surface area contributed by atoms with Gasteiger partial charge in [-0.1, -0.05) is 25.5 Å². The van der Waals surface area contributed by atoms with Crippen molar-refractivity contribution < 1.29 is 24.5 Å². The van der Waals surface area contributed by atoms with Crippen LogP contribution < -0.4 is 9.47 Å². The van der Waals surface area contributed by atoms with Crippen LogP contribution in [0.4, 0.5) is 0 Å². The number of aliphatic hydroxyl groups is 1. The number of methoxy groups -OCH3 is 2. The molecule has 0 unspecified atom stereocenters. The Labute approximate surface area is 143 Å². The van der Waals surface area contributed by atoms with Crippen molar-refractivity contribution in [1.29, 1.82) is 0 Å². The van der Waals surface area contributed by atoms with Gasteiger partial charge in [0.15, 0.2) is 11.5 Å². The summed E-state index contributed by atoms with van der Waals surface area (Å²) in [5.41, 5.74) is -0.0636. The number of ether oxygens (including phenoxy) is 2. The van der Waals surface area contributed by atoms with Gasteiger partial charge in [0.05, 0.1) is 25.7 Å². The van der Waals surface area contributed by atoms with Crippen LogP contribution in [0.5, 0.6) is 11.5 Å². The average molecular weight is 337 g/mol. The van der Waals surface area contributed by atoms with Crippen LogP contribution in [0.1, 0.15) is 31.7 Å². The number of carbonyl (C=O) groups is 1. The lowest BCUT2D eigenvalue weighted by Crippen LogP contribution is -2.54. The summed E-state index contributed by atoms with van der Waals surface area (Å²) in [6.45, 7) is 3.50. The van der Waals surface area contributed by atoms with Crippen molar-refractivity contribution in [2.24, 2.45) is 5.41 Å². The zero-order valence-electron chi connectivity index (χ0n) is 14.6. The Bertz CT molecular complexity index is 577. The second-order valence-electron chi connectivity index (χ2n) is 6.36. The number of nitrogens with zero attached hydrogens (tertiary/aromatic N) is 1. The molecule has 0 saturated carbocycles. The summed E-state index contributed by atoms with van der Waals surface area (Å²) in [5.74, 6) is 0.451. The lowest BCUT2D eigenvalue weighted by Gasteiger charge is -2.42. The van der Waals surface area contributed by atoms with Crippen molar-refractivity contribution in [3.05, 3.63) is 23.8 Å². The fourth-order valence-corrected chi connectivity index (χ4v) is 3.59. The highest BCUT2D eigenvalue weighted by molar-refractivity contribution is 5.75. The molecule has 24 heavy (non-hydrogen) atoms. The largest absolute Gasteiger partial charge is 0.493 e. The molecule has 1 heterocycles. The number of β-amino-alcohol motifs (C(OH)–C–C–N with tert-alkyl or cyclic N) is 1. The molecule has 0 aromatic heterocycles. The van der Waals surface area contributed by atoms with Gasteiger partial charge in [0.2, 0.25) is 0 Å². The van der Waals surface area contributed by atoms with Crippen LogP contribution in [-0.2, 0) is 11.3 Å². The molecule has 134 valence electrons. The maximum absolute atomic E-state index is 11.7. The van der Waals surface area contributed by atoms with Crippen molar-refractivity contribution in [3.63, 3.8) is 0 Å². The Morgan fingerprint density at radius 3 is 2.67 bits per heavy atom. The molecular formula is C18H27NO5. The standard InChI is InChI=1S/C18H27NO5/c1-4-8-18(17(21)22)9-10-19(12-15(18)20)11-13-6-5-7-14(23-2)16(13)24-3/h5-7,15,20H,4,8-12H2,1-3H3,(H,21,22)/t15-,18+/m1/s1. The fraction of sp³-hybridized carbons (Fsp3) is 0.611. The number of piperidine rings is 1. The molecule has 2 atom stereocenters. The van der Waals surface area contributed by atoms with Crippen molar-refractivity contribution >= 4 is 5.97 Å². The van der Waals surface area contributed by atoms with Gasteiger partial charge in [0, 0.05) is 18.7 Å². The van der Waals surface area contributed by atoms with E-state index in [1.54, 1.807) is 14.2 Å². The third-order valence-electron chi connectivity index (χ3n) is 4.94. The van der Waals surface area contributed by atoms with Crippen LogP contribution in [-0.4, -0.2) is 54.5 Å². The van der Waals surface area contributed by atoms with E-state index in [0.29, 0.717) is 44.0 Å². The predicted molar refractivity (Wildman–Crippen MR) is 90.4 cm³/mol. The highest BCUT2D eigenvalue weighted by Crippen LogP contribution is 2.38. The summed E-state index contributed by atoms with van der Waals surface area (Å²) >= 11 is 0. The monoisotopic (exact) mass is 337 g/mol. The smallest absolute Gasteiger partial charge is 0.312 e. The molecule has 2 rings (SSSR count). The lowest BCUT2D eigenvalue weighted by atomic mass is 9.72. The van der Waals surface area contributed by atoms with Gasteiger partial charge in [0.1, 0.15) is 0 Å². The van der Waals surface area contributed by atoms with Gasteiger partial charge < -0.3 is 19.7 Å². The van der Waals surface area contributed by atoms with Crippen molar-refractivity contribution in [1.82, 2.24) is 4.90 Å². The van der Waals surface area contributed by atoms with Gasteiger partial charge in [-0.05, 0) is 25.5 Å². The van der Waals surface area contributed by atoms with Crippen molar-refractivity contribution in [2.75, 3.05) is 27.3 Å². The molecule has 1 saturated heterocycles. The van der Waals surface area contributed by atoms with Gasteiger partial charge in [-0.15, -0.1) is 0 Å². The minimum absolute atomic E-state index is 0.340.